The molecule has 1 amide bonds. The number of nitriles is 1. The molecule has 0 atom stereocenters. The van der Waals surface area contributed by atoms with Gasteiger partial charge in [-0.1, -0.05) is 62.4 Å². The first-order valence-electron chi connectivity index (χ1n) is 11.3. The van der Waals surface area contributed by atoms with Gasteiger partial charge in [0, 0.05) is 24.0 Å². The van der Waals surface area contributed by atoms with Gasteiger partial charge in [-0.25, -0.2) is 4.98 Å². The number of thiophene rings is 1. The lowest BCUT2D eigenvalue weighted by atomic mass is 9.94. The highest BCUT2D eigenvalue weighted by molar-refractivity contribution is 7.21. The first-order chi connectivity index (χ1) is 16.4. The Morgan fingerprint density at radius 2 is 1.82 bits per heavy atom. The van der Waals surface area contributed by atoms with Gasteiger partial charge in [-0.3, -0.25) is 4.79 Å². The number of fused-ring (bicyclic) bond motifs is 2. The van der Waals surface area contributed by atoms with E-state index in [1.165, 1.54) is 22.5 Å². The lowest BCUT2D eigenvalue weighted by Crippen LogP contribution is -2.35. The summed E-state index contributed by atoms with van der Waals surface area (Å²) >= 11 is 1.24. The minimum absolute atomic E-state index is 0.117. The first kappa shape index (κ1) is 21.9. The van der Waals surface area contributed by atoms with Crippen molar-refractivity contribution in [3.63, 3.8) is 0 Å². The van der Waals surface area contributed by atoms with E-state index in [1.807, 2.05) is 41.3 Å². The summed E-state index contributed by atoms with van der Waals surface area (Å²) < 4.78 is 0. The average molecular weight is 468 g/mol. The molecule has 4 aromatic rings. The molecule has 2 aromatic heterocycles. The Bertz CT molecular complexity index is 1460. The van der Waals surface area contributed by atoms with Crippen LogP contribution in [0.25, 0.3) is 21.3 Å². The molecule has 0 saturated heterocycles. The standard InChI is InChI=1S/C27H25N5OS/c1-15(2)16-7-9-18(10-8-16)21-20(13-28)25(30)31-26-22(21)23(29)24(34-26)27(33)32-12-11-17-5-3-4-6-19(17)14-32/h3-10,15H,11-12,14,29H2,1-2H3,(H2,30,31). The number of hydrogen-bond donors (Lipinski definition) is 2. The summed E-state index contributed by atoms with van der Waals surface area (Å²) in [6, 6.07) is 18.4. The molecule has 0 unspecified atom stereocenters. The molecule has 1 aliphatic rings. The number of aromatic nitrogens is 1. The number of amides is 1. The van der Waals surface area contributed by atoms with Gasteiger partial charge in [0.1, 0.15) is 27.2 Å². The lowest BCUT2D eigenvalue weighted by Gasteiger charge is -2.28. The van der Waals surface area contributed by atoms with Crippen molar-refractivity contribution in [2.75, 3.05) is 18.0 Å². The Kier molecular flexibility index (Phi) is 5.46. The van der Waals surface area contributed by atoms with Gasteiger partial charge in [-0.2, -0.15) is 5.26 Å². The Hall–Kier alpha value is -3.89. The van der Waals surface area contributed by atoms with Crippen molar-refractivity contribution < 1.29 is 4.79 Å². The SMILES string of the molecule is CC(C)c1ccc(-c2c(C#N)c(N)nc3sc(C(=O)N4CCc5ccccc5C4)c(N)c23)cc1. The Morgan fingerprint density at radius 3 is 2.50 bits per heavy atom. The van der Waals surface area contributed by atoms with E-state index in [9.17, 15) is 10.1 Å². The zero-order valence-corrected chi connectivity index (χ0v) is 19.9. The summed E-state index contributed by atoms with van der Waals surface area (Å²) in [5.74, 6) is 0.412. The Morgan fingerprint density at radius 1 is 1.12 bits per heavy atom. The molecular weight excluding hydrogens is 442 g/mol. The maximum Gasteiger partial charge on any atom is 0.266 e. The van der Waals surface area contributed by atoms with Crippen molar-refractivity contribution in [2.24, 2.45) is 0 Å². The number of carbonyl (C=O) groups excluding carboxylic acids is 1. The molecule has 7 heteroatoms. The highest BCUT2D eigenvalue weighted by Gasteiger charge is 2.28. The molecule has 4 N–H and O–H groups in total. The summed E-state index contributed by atoms with van der Waals surface area (Å²) in [6.45, 7) is 5.44. The predicted molar refractivity (Wildman–Crippen MR) is 138 cm³/mol. The van der Waals surface area contributed by atoms with Crippen LogP contribution in [0.4, 0.5) is 11.5 Å². The van der Waals surface area contributed by atoms with Crippen LogP contribution in [0.1, 0.15) is 51.7 Å². The zero-order chi connectivity index (χ0) is 24.0. The van der Waals surface area contributed by atoms with E-state index in [0.29, 0.717) is 45.4 Å². The molecule has 0 fully saturated rings. The van der Waals surface area contributed by atoms with Gasteiger partial charge in [0.15, 0.2) is 0 Å². The van der Waals surface area contributed by atoms with E-state index >= 15 is 0 Å². The van der Waals surface area contributed by atoms with Gasteiger partial charge in [0.25, 0.3) is 5.91 Å². The summed E-state index contributed by atoms with van der Waals surface area (Å²) in [5.41, 5.74) is 18.5. The van der Waals surface area contributed by atoms with Crippen molar-refractivity contribution in [2.45, 2.75) is 32.7 Å². The number of nitrogens with two attached hydrogens (primary N) is 2. The Balaban J connectivity index is 1.62. The van der Waals surface area contributed by atoms with Gasteiger partial charge in [-0.15, -0.1) is 11.3 Å². The summed E-state index contributed by atoms with van der Waals surface area (Å²) in [6.07, 6.45) is 0.809. The van der Waals surface area contributed by atoms with E-state index in [4.69, 9.17) is 11.5 Å². The maximum atomic E-state index is 13.5. The van der Waals surface area contributed by atoms with Crippen LogP contribution < -0.4 is 11.5 Å². The molecule has 0 radical (unpaired) electrons. The number of rotatable bonds is 3. The van der Waals surface area contributed by atoms with E-state index in [0.717, 1.165) is 17.5 Å². The van der Waals surface area contributed by atoms with Crippen LogP contribution in [-0.2, 0) is 13.0 Å². The molecule has 2 aromatic carbocycles. The number of hydrogen-bond acceptors (Lipinski definition) is 6. The number of anilines is 2. The average Bonchev–Trinajstić information content (AvgIpc) is 3.17. The number of benzene rings is 2. The zero-order valence-electron chi connectivity index (χ0n) is 19.1. The maximum absolute atomic E-state index is 13.5. The quantitative estimate of drug-likeness (QED) is 0.424. The third-order valence-corrected chi connectivity index (χ3v) is 7.58. The fourth-order valence-corrected chi connectivity index (χ4v) is 5.66. The lowest BCUT2D eigenvalue weighted by molar-refractivity contribution is 0.0740. The second-order valence-electron chi connectivity index (χ2n) is 8.91. The number of nitrogens with zero attached hydrogens (tertiary/aromatic N) is 3. The van der Waals surface area contributed by atoms with Crippen molar-refractivity contribution in [3.05, 3.63) is 75.7 Å². The fourth-order valence-electron chi connectivity index (χ4n) is 4.58. The van der Waals surface area contributed by atoms with Crippen molar-refractivity contribution in [1.29, 1.82) is 5.26 Å². The van der Waals surface area contributed by atoms with E-state index in [1.54, 1.807) is 0 Å². The molecule has 34 heavy (non-hydrogen) atoms. The molecule has 170 valence electrons. The molecule has 0 saturated carbocycles. The normalized spacial score (nSPS) is 13.2. The van der Waals surface area contributed by atoms with Gasteiger partial charge in [0.2, 0.25) is 0 Å². The van der Waals surface area contributed by atoms with Crippen molar-refractivity contribution in [1.82, 2.24) is 9.88 Å². The summed E-state index contributed by atoms with van der Waals surface area (Å²) in [4.78, 5) is 20.8. The minimum Gasteiger partial charge on any atom is -0.397 e. The second kappa shape index (κ2) is 8.47. The van der Waals surface area contributed by atoms with E-state index < -0.39 is 0 Å². The first-order valence-corrected chi connectivity index (χ1v) is 12.1. The van der Waals surface area contributed by atoms with E-state index in [2.05, 4.69) is 37.0 Å². The number of nitrogen functional groups attached to an aromatic ring is 2. The van der Waals surface area contributed by atoms with Crippen LogP contribution in [0, 0.1) is 11.3 Å². The molecule has 5 rings (SSSR count). The molecule has 0 aliphatic carbocycles. The molecular formula is C27H25N5OS. The van der Waals surface area contributed by atoms with Gasteiger partial charge >= 0.3 is 0 Å². The second-order valence-corrected chi connectivity index (χ2v) is 9.91. The third kappa shape index (κ3) is 3.57. The number of carbonyl (C=O) groups is 1. The molecule has 1 aliphatic heterocycles. The largest absolute Gasteiger partial charge is 0.397 e. The Labute approximate surface area is 202 Å². The number of pyridine rings is 1. The smallest absolute Gasteiger partial charge is 0.266 e. The van der Waals surface area contributed by atoms with Crippen LogP contribution >= 0.6 is 11.3 Å². The predicted octanol–water partition coefficient (Wildman–Crippen LogP) is 5.32. The minimum atomic E-state index is -0.117. The highest BCUT2D eigenvalue weighted by atomic mass is 32.1. The monoisotopic (exact) mass is 467 g/mol. The molecule has 6 nitrogen and oxygen atoms in total. The van der Waals surface area contributed by atoms with Gasteiger partial charge in [0.05, 0.1) is 5.69 Å². The highest BCUT2D eigenvalue weighted by Crippen LogP contribution is 2.43. The van der Waals surface area contributed by atoms with Crippen molar-refractivity contribution >= 4 is 39.0 Å². The summed E-state index contributed by atoms with van der Waals surface area (Å²) in [7, 11) is 0. The fraction of sp³-hybridized carbons (Fsp3) is 0.222. The van der Waals surface area contributed by atoms with Crippen LogP contribution in [-0.4, -0.2) is 22.3 Å². The van der Waals surface area contributed by atoms with Gasteiger partial charge < -0.3 is 16.4 Å². The third-order valence-electron chi connectivity index (χ3n) is 6.49. The van der Waals surface area contributed by atoms with Gasteiger partial charge in [-0.05, 0) is 34.6 Å². The molecule has 3 heterocycles. The van der Waals surface area contributed by atoms with Crippen LogP contribution in [0.3, 0.4) is 0 Å². The van der Waals surface area contributed by atoms with Crippen LogP contribution in [0.2, 0.25) is 0 Å². The summed E-state index contributed by atoms with van der Waals surface area (Å²) in [5, 5.41) is 10.5. The van der Waals surface area contributed by atoms with Crippen LogP contribution in [0.5, 0.6) is 0 Å². The topological polar surface area (TPSA) is 109 Å². The molecule has 0 bridgehead atoms. The molecule has 0 spiro atoms. The van der Waals surface area contributed by atoms with E-state index in [-0.39, 0.29) is 17.3 Å². The van der Waals surface area contributed by atoms with Crippen molar-refractivity contribution in [3.8, 4) is 17.2 Å². The van der Waals surface area contributed by atoms with Crippen LogP contribution in [0.15, 0.2) is 48.5 Å².